The fraction of sp³-hybridized carbons (Fsp3) is 0.391. The van der Waals surface area contributed by atoms with Crippen molar-refractivity contribution in [1.82, 2.24) is 15.2 Å². The Morgan fingerprint density at radius 1 is 1.14 bits per heavy atom. The Bertz CT molecular complexity index is 976. The first-order chi connectivity index (χ1) is 13.7. The Morgan fingerprint density at radius 2 is 1.86 bits per heavy atom. The molecule has 0 atom stereocenters. The van der Waals surface area contributed by atoms with Crippen molar-refractivity contribution in [2.45, 2.75) is 20.8 Å². The van der Waals surface area contributed by atoms with Crippen LogP contribution < -0.4 is 10.6 Å². The van der Waals surface area contributed by atoms with Crippen LogP contribution in [0.1, 0.15) is 19.4 Å². The van der Waals surface area contributed by atoms with Gasteiger partial charge in [0.25, 0.3) is 0 Å². The molecule has 1 heterocycles. The van der Waals surface area contributed by atoms with E-state index < -0.39 is 0 Å². The van der Waals surface area contributed by atoms with E-state index in [1.165, 1.54) is 10.3 Å². The van der Waals surface area contributed by atoms with Gasteiger partial charge in [0.05, 0.1) is 16.8 Å². The summed E-state index contributed by atoms with van der Waals surface area (Å²) in [6.45, 7) is 8.53. The lowest BCUT2D eigenvalue weighted by atomic mass is 9.93. The van der Waals surface area contributed by atoms with Crippen molar-refractivity contribution in [3.05, 3.63) is 48.0 Å². The van der Waals surface area contributed by atoms with Crippen LogP contribution >= 0.6 is 11.3 Å². The molecule has 29 heavy (non-hydrogen) atoms. The minimum absolute atomic E-state index is 0.0335. The van der Waals surface area contributed by atoms with Crippen molar-refractivity contribution in [3.8, 4) is 10.6 Å². The van der Waals surface area contributed by atoms with Crippen LogP contribution in [0.2, 0.25) is 0 Å². The van der Waals surface area contributed by atoms with E-state index >= 15 is 0 Å². The maximum absolute atomic E-state index is 12.2. The molecule has 0 aliphatic rings. The molecule has 2 aromatic carbocycles. The first-order valence-corrected chi connectivity index (χ1v) is 10.7. The minimum atomic E-state index is -0.0335. The number of fused-ring (bicyclic) bond motifs is 1. The number of carbonyl (C=O) groups excluding carboxylic acids is 1. The highest BCUT2D eigenvalue weighted by molar-refractivity contribution is 7.21. The van der Waals surface area contributed by atoms with E-state index in [-0.39, 0.29) is 11.3 Å². The fourth-order valence-electron chi connectivity index (χ4n) is 3.48. The molecule has 0 aliphatic carbocycles. The van der Waals surface area contributed by atoms with Gasteiger partial charge in [0.15, 0.2) is 0 Å². The maximum atomic E-state index is 12.2. The van der Waals surface area contributed by atoms with E-state index in [4.69, 9.17) is 4.98 Å². The molecule has 0 fully saturated rings. The van der Waals surface area contributed by atoms with Gasteiger partial charge in [0, 0.05) is 24.3 Å². The molecule has 3 aromatic rings. The molecule has 0 saturated heterocycles. The molecule has 0 bridgehead atoms. The van der Waals surface area contributed by atoms with Gasteiger partial charge in [-0.1, -0.05) is 19.9 Å². The number of amides is 1. The number of thiazole rings is 1. The summed E-state index contributed by atoms with van der Waals surface area (Å²) in [7, 11) is 4.13. The quantitative estimate of drug-likeness (QED) is 0.578. The summed E-state index contributed by atoms with van der Waals surface area (Å²) >= 11 is 1.69. The van der Waals surface area contributed by atoms with Gasteiger partial charge in [-0.05, 0) is 68.4 Å². The van der Waals surface area contributed by atoms with Gasteiger partial charge in [-0.15, -0.1) is 11.3 Å². The number of hydrogen-bond acceptors (Lipinski definition) is 5. The monoisotopic (exact) mass is 410 g/mol. The van der Waals surface area contributed by atoms with Crippen LogP contribution in [-0.2, 0) is 4.79 Å². The largest absolute Gasteiger partial charge is 0.325 e. The minimum Gasteiger partial charge on any atom is -0.325 e. The summed E-state index contributed by atoms with van der Waals surface area (Å²) in [4.78, 5) is 19.1. The Morgan fingerprint density at radius 3 is 2.55 bits per heavy atom. The van der Waals surface area contributed by atoms with Crippen LogP contribution in [0.15, 0.2) is 42.5 Å². The molecule has 154 valence electrons. The van der Waals surface area contributed by atoms with Crippen LogP contribution in [0.5, 0.6) is 0 Å². The molecule has 5 nitrogen and oxygen atoms in total. The number of rotatable bonds is 8. The average molecular weight is 411 g/mol. The van der Waals surface area contributed by atoms with Crippen LogP contribution in [-0.4, -0.2) is 49.5 Å². The van der Waals surface area contributed by atoms with Gasteiger partial charge in [0.2, 0.25) is 5.91 Å². The average Bonchev–Trinajstić information content (AvgIpc) is 3.04. The van der Waals surface area contributed by atoms with E-state index in [9.17, 15) is 4.79 Å². The van der Waals surface area contributed by atoms with Crippen molar-refractivity contribution >= 4 is 33.1 Å². The summed E-state index contributed by atoms with van der Waals surface area (Å²) < 4.78 is 1.20. The molecule has 0 aliphatic heterocycles. The lowest BCUT2D eigenvalue weighted by Gasteiger charge is -2.28. The Balaban J connectivity index is 1.55. The second-order valence-corrected chi connectivity index (χ2v) is 9.65. The van der Waals surface area contributed by atoms with Crippen LogP contribution in [0.4, 0.5) is 5.69 Å². The van der Waals surface area contributed by atoms with Gasteiger partial charge in [-0.25, -0.2) is 4.98 Å². The number of benzene rings is 2. The number of carbonyl (C=O) groups is 1. The molecular formula is C23H30N4OS. The second-order valence-electron chi connectivity index (χ2n) is 8.62. The third-order valence-electron chi connectivity index (χ3n) is 4.59. The topological polar surface area (TPSA) is 57.3 Å². The maximum Gasteiger partial charge on any atom is 0.238 e. The van der Waals surface area contributed by atoms with Crippen LogP contribution in [0.3, 0.4) is 0 Å². The first-order valence-electron chi connectivity index (χ1n) is 9.85. The van der Waals surface area contributed by atoms with Gasteiger partial charge in [-0.3, -0.25) is 4.79 Å². The fourth-order valence-corrected chi connectivity index (χ4v) is 4.55. The summed E-state index contributed by atoms with van der Waals surface area (Å²) in [5.74, 6) is -0.0335. The van der Waals surface area contributed by atoms with Crippen molar-refractivity contribution in [1.29, 1.82) is 0 Å². The summed E-state index contributed by atoms with van der Waals surface area (Å²) in [6.07, 6.45) is 0. The SMILES string of the molecule is Cc1ccc2nc(-c3ccc(NC(=O)CNCC(C)(C)CN(C)C)cc3)sc2c1. The highest BCUT2D eigenvalue weighted by Crippen LogP contribution is 2.31. The van der Waals surface area contributed by atoms with E-state index in [1.54, 1.807) is 11.3 Å². The third-order valence-corrected chi connectivity index (χ3v) is 5.66. The van der Waals surface area contributed by atoms with Crippen molar-refractivity contribution in [2.75, 3.05) is 39.0 Å². The number of aromatic nitrogens is 1. The number of nitrogens with zero attached hydrogens (tertiary/aromatic N) is 2. The lowest BCUT2D eigenvalue weighted by Crippen LogP contribution is -2.40. The van der Waals surface area contributed by atoms with Crippen molar-refractivity contribution in [2.24, 2.45) is 5.41 Å². The first kappa shape index (κ1) is 21.4. The van der Waals surface area contributed by atoms with E-state index in [2.05, 4.69) is 68.6 Å². The molecule has 0 spiro atoms. The number of nitrogens with one attached hydrogen (secondary N) is 2. The molecule has 2 N–H and O–H groups in total. The number of hydrogen-bond donors (Lipinski definition) is 2. The molecular weight excluding hydrogens is 380 g/mol. The van der Waals surface area contributed by atoms with Gasteiger partial charge >= 0.3 is 0 Å². The smallest absolute Gasteiger partial charge is 0.238 e. The molecule has 3 rings (SSSR count). The Hall–Kier alpha value is -2.28. The standard InChI is InChI=1S/C23H30N4OS/c1-16-6-11-19-20(12-16)29-22(26-19)17-7-9-18(10-8-17)25-21(28)13-24-14-23(2,3)15-27(4)5/h6-12,24H,13-15H2,1-5H3,(H,25,28). The number of aryl methyl sites for hydroxylation is 1. The molecule has 1 amide bonds. The molecule has 1 aromatic heterocycles. The molecule has 0 saturated carbocycles. The predicted molar refractivity (Wildman–Crippen MR) is 124 cm³/mol. The molecule has 0 radical (unpaired) electrons. The third kappa shape index (κ3) is 6.10. The van der Waals surface area contributed by atoms with E-state index in [0.717, 1.165) is 34.9 Å². The summed E-state index contributed by atoms with van der Waals surface area (Å²) in [5, 5.41) is 7.21. The number of anilines is 1. The van der Waals surface area contributed by atoms with Crippen molar-refractivity contribution < 1.29 is 4.79 Å². The van der Waals surface area contributed by atoms with Gasteiger partial charge < -0.3 is 15.5 Å². The second kappa shape index (κ2) is 9.03. The van der Waals surface area contributed by atoms with E-state index in [0.29, 0.717) is 6.54 Å². The van der Waals surface area contributed by atoms with E-state index in [1.807, 2.05) is 24.3 Å². The zero-order valence-electron chi connectivity index (χ0n) is 17.9. The summed E-state index contributed by atoms with van der Waals surface area (Å²) in [6, 6.07) is 14.2. The van der Waals surface area contributed by atoms with Crippen LogP contribution in [0, 0.1) is 12.3 Å². The highest BCUT2D eigenvalue weighted by atomic mass is 32.1. The lowest BCUT2D eigenvalue weighted by molar-refractivity contribution is -0.115. The zero-order chi connectivity index (χ0) is 21.0. The zero-order valence-corrected chi connectivity index (χ0v) is 18.7. The predicted octanol–water partition coefficient (Wildman–Crippen LogP) is 4.39. The van der Waals surface area contributed by atoms with Crippen LogP contribution in [0.25, 0.3) is 20.8 Å². The Kier molecular flexibility index (Phi) is 6.67. The normalized spacial score (nSPS) is 11.9. The van der Waals surface area contributed by atoms with Gasteiger partial charge in [-0.2, -0.15) is 0 Å². The summed E-state index contributed by atoms with van der Waals surface area (Å²) in [5.41, 5.74) is 4.23. The Labute approximate surface area is 177 Å². The van der Waals surface area contributed by atoms with Crippen molar-refractivity contribution in [3.63, 3.8) is 0 Å². The molecule has 0 unspecified atom stereocenters. The molecule has 6 heteroatoms. The van der Waals surface area contributed by atoms with Gasteiger partial charge in [0.1, 0.15) is 5.01 Å². The highest BCUT2D eigenvalue weighted by Gasteiger charge is 2.18.